The number of fused-ring (bicyclic) bond motifs is 6. The molecule has 0 amide bonds. The zero-order valence-electron chi connectivity index (χ0n) is 19.4. The smallest absolute Gasteiger partial charge is 0.136 e. The van der Waals surface area contributed by atoms with Gasteiger partial charge < -0.3 is 8.83 Å². The van der Waals surface area contributed by atoms with Crippen LogP contribution in [0.25, 0.3) is 76.7 Å². The van der Waals surface area contributed by atoms with E-state index in [1.54, 1.807) is 6.26 Å². The Balaban J connectivity index is 1.58. The highest BCUT2D eigenvalue weighted by Crippen LogP contribution is 2.47. The summed E-state index contributed by atoms with van der Waals surface area (Å²) in [6.45, 7) is 0. The molecule has 168 valence electrons. The third-order valence-electron chi connectivity index (χ3n) is 7.33. The molecule has 0 radical (unpaired) electrons. The van der Waals surface area contributed by atoms with Crippen molar-refractivity contribution in [2.75, 3.05) is 0 Å². The molecule has 0 spiro atoms. The topological polar surface area (TPSA) is 26.3 Å². The molecule has 0 aliphatic rings. The summed E-state index contributed by atoms with van der Waals surface area (Å²) < 4.78 is 12.1. The average molecular weight is 461 g/mol. The maximum Gasteiger partial charge on any atom is 0.136 e. The van der Waals surface area contributed by atoms with E-state index in [4.69, 9.17) is 8.83 Å². The Labute approximate surface area is 207 Å². The van der Waals surface area contributed by atoms with Crippen LogP contribution in [-0.2, 0) is 0 Å². The minimum absolute atomic E-state index is 0.870. The highest BCUT2D eigenvalue weighted by molar-refractivity contribution is 6.26. The SMILES string of the molecule is c1ccc(-c2c3ccccc3c(-c3cccc4oc5cc6ccoc6cc5c34)c3ccccc23)cc1. The standard InChI is InChI=1S/C34H20O2/c1-2-9-21(10-3-1)32-23-11-4-6-13-25(23)33(26-14-7-5-12-24(26)32)27-15-8-16-29-34(27)28-20-30-22(17-18-35-30)19-31(28)36-29/h1-20H. The van der Waals surface area contributed by atoms with Crippen LogP contribution < -0.4 is 0 Å². The van der Waals surface area contributed by atoms with E-state index in [0.29, 0.717) is 0 Å². The van der Waals surface area contributed by atoms with E-state index in [1.165, 1.54) is 43.8 Å². The van der Waals surface area contributed by atoms with E-state index in [9.17, 15) is 0 Å². The fraction of sp³-hybridized carbons (Fsp3) is 0. The Morgan fingerprint density at radius 3 is 1.83 bits per heavy atom. The summed E-state index contributed by atoms with van der Waals surface area (Å²) in [7, 11) is 0. The first-order valence-electron chi connectivity index (χ1n) is 12.2. The van der Waals surface area contributed by atoms with Gasteiger partial charge in [0, 0.05) is 16.2 Å². The van der Waals surface area contributed by atoms with Crippen LogP contribution in [0.5, 0.6) is 0 Å². The van der Waals surface area contributed by atoms with Gasteiger partial charge in [0.15, 0.2) is 0 Å². The summed E-state index contributed by atoms with van der Waals surface area (Å²) in [5.41, 5.74) is 7.53. The highest BCUT2D eigenvalue weighted by atomic mass is 16.3. The maximum atomic E-state index is 6.37. The molecule has 0 aliphatic heterocycles. The van der Waals surface area contributed by atoms with Crippen molar-refractivity contribution in [3.05, 3.63) is 122 Å². The molecule has 0 N–H and O–H groups in total. The van der Waals surface area contributed by atoms with Crippen LogP contribution in [0.15, 0.2) is 130 Å². The second-order valence-electron chi connectivity index (χ2n) is 9.29. The van der Waals surface area contributed by atoms with Crippen LogP contribution in [0.3, 0.4) is 0 Å². The third-order valence-corrected chi connectivity index (χ3v) is 7.33. The molecule has 2 nitrogen and oxygen atoms in total. The number of rotatable bonds is 2. The molecule has 0 saturated carbocycles. The fourth-order valence-corrected chi connectivity index (χ4v) is 5.82. The molecule has 0 saturated heterocycles. The Morgan fingerprint density at radius 1 is 0.444 bits per heavy atom. The normalized spacial score (nSPS) is 11.9. The monoisotopic (exact) mass is 460 g/mol. The van der Waals surface area contributed by atoms with Crippen molar-refractivity contribution in [3.8, 4) is 22.3 Å². The van der Waals surface area contributed by atoms with Crippen molar-refractivity contribution >= 4 is 54.5 Å². The minimum Gasteiger partial charge on any atom is -0.464 e. The van der Waals surface area contributed by atoms with E-state index < -0.39 is 0 Å². The van der Waals surface area contributed by atoms with Crippen LogP contribution >= 0.6 is 0 Å². The van der Waals surface area contributed by atoms with Crippen LogP contribution in [0, 0.1) is 0 Å². The molecular weight excluding hydrogens is 440 g/mol. The number of hydrogen-bond acceptors (Lipinski definition) is 2. The molecule has 2 heteroatoms. The summed E-state index contributed by atoms with van der Waals surface area (Å²) >= 11 is 0. The van der Waals surface area contributed by atoms with Crippen molar-refractivity contribution in [3.63, 3.8) is 0 Å². The third kappa shape index (κ3) is 2.67. The highest BCUT2D eigenvalue weighted by Gasteiger charge is 2.20. The van der Waals surface area contributed by atoms with Gasteiger partial charge in [0.2, 0.25) is 0 Å². The fourth-order valence-electron chi connectivity index (χ4n) is 5.82. The lowest BCUT2D eigenvalue weighted by atomic mass is 9.85. The van der Waals surface area contributed by atoms with Gasteiger partial charge in [-0.1, -0.05) is 91.0 Å². The molecule has 6 aromatic carbocycles. The average Bonchev–Trinajstić information content (AvgIpc) is 3.54. The Bertz CT molecular complexity index is 2030. The van der Waals surface area contributed by atoms with E-state index in [1.807, 2.05) is 6.07 Å². The second kappa shape index (κ2) is 7.34. The minimum atomic E-state index is 0.870. The van der Waals surface area contributed by atoms with Gasteiger partial charge in [0.1, 0.15) is 16.7 Å². The van der Waals surface area contributed by atoms with Crippen LogP contribution in [-0.4, -0.2) is 0 Å². The van der Waals surface area contributed by atoms with Gasteiger partial charge in [-0.15, -0.1) is 0 Å². The summed E-state index contributed by atoms with van der Waals surface area (Å²) in [6, 6.07) is 40.8. The second-order valence-corrected chi connectivity index (χ2v) is 9.29. The molecule has 36 heavy (non-hydrogen) atoms. The summed E-state index contributed by atoms with van der Waals surface area (Å²) in [4.78, 5) is 0. The van der Waals surface area contributed by atoms with Crippen molar-refractivity contribution < 1.29 is 8.83 Å². The molecular formula is C34H20O2. The van der Waals surface area contributed by atoms with Gasteiger partial charge in [0.05, 0.1) is 6.26 Å². The molecule has 0 atom stereocenters. The van der Waals surface area contributed by atoms with E-state index in [-0.39, 0.29) is 0 Å². The lowest BCUT2D eigenvalue weighted by molar-refractivity contribution is 0.616. The quantitative estimate of drug-likeness (QED) is 0.240. The zero-order valence-corrected chi connectivity index (χ0v) is 19.4. The predicted molar refractivity (Wildman–Crippen MR) is 149 cm³/mol. The van der Waals surface area contributed by atoms with Gasteiger partial charge in [-0.05, 0) is 68.1 Å². The number of hydrogen-bond donors (Lipinski definition) is 0. The van der Waals surface area contributed by atoms with Crippen molar-refractivity contribution in [2.45, 2.75) is 0 Å². The lowest BCUT2D eigenvalue weighted by Crippen LogP contribution is -1.91. The van der Waals surface area contributed by atoms with Gasteiger partial charge in [-0.2, -0.15) is 0 Å². The molecule has 0 unspecified atom stereocenters. The summed E-state index contributed by atoms with van der Waals surface area (Å²) in [5, 5.41) is 8.20. The van der Waals surface area contributed by atoms with Gasteiger partial charge >= 0.3 is 0 Å². The molecule has 0 aliphatic carbocycles. The first kappa shape index (κ1) is 19.5. The molecule has 2 aromatic heterocycles. The van der Waals surface area contributed by atoms with Crippen molar-refractivity contribution in [2.24, 2.45) is 0 Å². The van der Waals surface area contributed by atoms with Crippen LogP contribution in [0.2, 0.25) is 0 Å². The molecule has 0 bridgehead atoms. The molecule has 8 aromatic rings. The molecule has 8 rings (SSSR count). The largest absolute Gasteiger partial charge is 0.464 e. The van der Waals surface area contributed by atoms with E-state index in [2.05, 4.69) is 109 Å². The lowest BCUT2D eigenvalue weighted by Gasteiger charge is -2.18. The van der Waals surface area contributed by atoms with Crippen LogP contribution in [0.4, 0.5) is 0 Å². The van der Waals surface area contributed by atoms with E-state index >= 15 is 0 Å². The number of furan rings is 2. The summed E-state index contributed by atoms with van der Waals surface area (Å²) in [6.07, 6.45) is 1.73. The molecule has 0 fully saturated rings. The zero-order chi connectivity index (χ0) is 23.6. The van der Waals surface area contributed by atoms with Crippen molar-refractivity contribution in [1.82, 2.24) is 0 Å². The first-order valence-corrected chi connectivity index (χ1v) is 12.2. The Kier molecular flexibility index (Phi) is 3.97. The Morgan fingerprint density at radius 2 is 1.11 bits per heavy atom. The van der Waals surface area contributed by atoms with Crippen LogP contribution in [0.1, 0.15) is 0 Å². The first-order chi connectivity index (χ1) is 17.9. The van der Waals surface area contributed by atoms with Gasteiger partial charge in [-0.25, -0.2) is 0 Å². The predicted octanol–water partition coefficient (Wildman–Crippen LogP) is 9.97. The molecule has 2 heterocycles. The Hall–Kier alpha value is -4.82. The van der Waals surface area contributed by atoms with Gasteiger partial charge in [-0.3, -0.25) is 0 Å². The number of benzene rings is 6. The van der Waals surface area contributed by atoms with Crippen molar-refractivity contribution in [1.29, 1.82) is 0 Å². The maximum absolute atomic E-state index is 6.37. The summed E-state index contributed by atoms with van der Waals surface area (Å²) in [5.74, 6) is 0. The van der Waals surface area contributed by atoms with Gasteiger partial charge in [0.25, 0.3) is 0 Å². The van der Waals surface area contributed by atoms with E-state index in [0.717, 1.165) is 32.9 Å².